The number of nitrogens with one attached hydrogen (secondary N) is 2. The van der Waals surface area contributed by atoms with Crippen LogP contribution in [-0.2, 0) is 16.4 Å². The van der Waals surface area contributed by atoms with E-state index in [1.165, 1.54) is 6.33 Å². The molecule has 0 aromatic carbocycles. The number of hydrogen-bond acceptors (Lipinski definition) is 9. The number of hydrogen-bond donors (Lipinski definition) is 2. The van der Waals surface area contributed by atoms with Gasteiger partial charge < -0.3 is 20.1 Å². The Hall–Kier alpha value is -3.35. The first-order chi connectivity index (χ1) is 16.8. The number of anilines is 1. The Morgan fingerprint density at radius 2 is 1.97 bits per heavy atom. The molecule has 2 aliphatic heterocycles. The number of carbonyl (C=O) groups excluding carboxylic acids is 1. The van der Waals surface area contributed by atoms with Crippen molar-refractivity contribution in [2.75, 3.05) is 36.5 Å². The summed E-state index contributed by atoms with van der Waals surface area (Å²) < 4.78 is 25.3. The highest BCUT2D eigenvalue weighted by atomic mass is 32.2. The van der Waals surface area contributed by atoms with Gasteiger partial charge in [-0.3, -0.25) is 0 Å². The Kier molecular flexibility index (Phi) is 6.26. The van der Waals surface area contributed by atoms with Crippen LogP contribution in [0, 0.1) is 12.8 Å². The molecule has 3 aromatic rings. The number of urea groups is 1. The Morgan fingerprint density at radius 3 is 2.69 bits per heavy atom. The Labute approximate surface area is 203 Å². The summed E-state index contributed by atoms with van der Waals surface area (Å²) in [4.78, 5) is 36.7. The second kappa shape index (κ2) is 9.36. The smallest absolute Gasteiger partial charge is 0.317 e. The topological polar surface area (TPSA) is 148 Å². The van der Waals surface area contributed by atoms with Gasteiger partial charge in [-0.2, -0.15) is 0 Å². The summed E-state index contributed by atoms with van der Waals surface area (Å²) in [5.74, 6) is 2.41. The quantitative estimate of drug-likeness (QED) is 0.511. The minimum Gasteiger partial charge on any atom is -0.364 e. The van der Waals surface area contributed by atoms with Gasteiger partial charge in [0.1, 0.15) is 18.0 Å². The van der Waals surface area contributed by atoms with Gasteiger partial charge in [0.15, 0.2) is 26.8 Å². The summed E-state index contributed by atoms with van der Waals surface area (Å²) in [7, 11) is -2.95. The molecular weight excluding hydrogens is 470 g/mol. The van der Waals surface area contributed by atoms with Crippen LogP contribution >= 0.6 is 0 Å². The van der Waals surface area contributed by atoms with Crippen LogP contribution in [0.4, 0.5) is 10.6 Å². The third-order valence-corrected chi connectivity index (χ3v) is 8.41. The molecule has 0 saturated carbocycles. The van der Waals surface area contributed by atoms with E-state index < -0.39 is 9.84 Å². The first kappa shape index (κ1) is 23.4. The average Bonchev–Trinajstić information content (AvgIpc) is 3.55. The van der Waals surface area contributed by atoms with Crippen LogP contribution in [-0.4, -0.2) is 86.0 Å². The molecule has 2 amide bonds. The third-order valence-electron chi connectivity index (χ3n) is 6.57. The van der Waals surface area contributed by atoms with Crippen molar-refractivity contribution in [1.82, 2.24) is 39.7 Å². The molecule has 2 fully saturated rings. The van der Waals surface area contributed by atoms with Crippen LogP contribution in [0.1, 0.15) is 25.6 Å². The molecule has 5 heterocycles. The van der Waals surface area contributed by atoms with Crippen molar-refractivity contribution in [3.8, 4) is 11.4 Å². The van der Waals surface area contributed by atoms with Crippen molar-refractivity contribution in [1.29, 1.82) is 0 Å². The summed E-state index contributed by atoms with van der Waals surface area (Å²) in [6, 6.07) is -0.146. The molecule has 2 aliphatic rings. The zero-order valence-corrected chi connectivity index (χ0v) is 20.6. The molecule has 1 unspecified atom stereocenters. The normalized spacial score (nSPS) is 21.5. The molecule has 0 bridgehead atoms. The van der Waals surface area contributed by atoms with E-state index in [1.54, 1.807) is 17.3 Å². The van der Waals surface area contributed by atoms with Gasteiger partial charge in [0.2, 0.25) is 0 Å². The van der Waals surface area contributed by atoms with Crippen LogP contribution in [0.2, 0.25) is 0 Å². The van der Waals surface area contributed by atoms with Crippen LogP contribution in [0.15, 0.2) is 18.7 Å². The van der Waals surface area contributed by atoms with Gasteiger partial charge in [0.25, 0.3) is 0 Å². The molecule has 0 spiro atoms. The van der Waals surface area contributed by atoms with E-state index in [0.29, 0.717) is 49.8 Å². The molecule has 5 rings (SSSR count). The van der Waals surface area contributed by atoms with Crippen LogP contribution in [0.5, 0.6) is 0 Å². The molecule has 0 radical (unpaired) electrons. The van der Waals surface area contributed by atoms with Gasteiger partial charge in [0.05, 0.1) is 17.1 Å². The van der Waals surface area contributed by atoms with E-state index >= 15 is 0 Å². The maximum Gasteiger partial charge on any atom is 0.317 e. The van der Waals surface area contributed by atoms with E-state index in [9.17, 15) is 13.2 Å². The Balaban J connectivity index is 1.27. The summed E-state index contributed by atoms with van der Waals surface area (Å²) in [5.41, 5.74) is 2.19. The maximum atomic E-state index is 12.6. The molecule has 13 heteroatoms. The number of nitrogens with zero attached hydrogens (tertiary/aromatic N) is 7. The third kappa shape index (κ3) is 4.90. The number of aromatic nitrogens is 6. The second-order valence-electron chi connectivity index (χ2n) is 9.12. The first-order valence-electron chi connectivity index (χ1n) is 11.8. The number of rotatable bonds is 6. The van der Waals surface area contributed by atoms with Crippen molar-refractivity contribution in [3.05, 3.63) is 24.5 Å². The number of imidazole rings is 1. The molecular formula is C22H29N9O3S. The minimum absolute atomic E-state index is 0.00317. The molecule has 186 valence electrons. The lowest BCUT2D eigenvalue weighted by molar-refractivity contribution is 0.207. The first-order valence-corrected chi connectivity index (χ1v) is 13.6. The van der Waals surface area contributed by atoms with Crippen LogP contribution in [0.3, 0.4) is 0 Å². The number of amides is 2. The van der Waals surface area contributed by atoms with Gasteiger partial charge in [0, 0.05) is 44.6 Å². The number of likely N-dealkylation sites (tertiary alicyclic amines) is 1. The predicted octanol–water partition coefficient (Wildman–Crippen LogP) is 1.24. The SMILES string of the molecule is CCn1c(-c2cnc(C)nc2)nc2c(N[C@H]3CCN(C(=O)NCC4CCS(=O)(=O)C4)C3)ncnc21. The molecule has 35 heavy (non-hydrogen) atoms. The molecule has 12 nitrogen and oxygen atoms in total. The average molecular weight is 500 g/mol. The molecule has 0 aliphatic carbocycles. The fraction of sp³-hybridized carbons (Fsp3) is 0.545. The van der Waals surface area contributed by atoms with Crippen molar-refractivity contribution in [3.63, 3.8) is 0 Å². The largest absolute Gasteiger partial charge is 0.364 e. The van der Waals surface area contributed by atoms with Crippen LogP contribution < -0.4 is 10.6 Å². The van der Waals surface area contributed by atoms with E-state index in [4.69, 9.17) is 4.98 Å². The second-order valence-corrected chi connectivity index (χ2v) is 11.4. The lowest BCUT2D eigenvalue weighted by atomic mass is 10.1. The molecule has 2 saturated heterocycles. The zero-order chi connectivity index (χ0) is 24.6. The molecule has 2 atom stereocenters. The highest BCUT2D eigenvalue weighted by Crippen LogP contribution is 2.27. The van der Waals surface area contributed by atoms with Gasteiger partial charge in [-0.05, 0) is 32.6 Å². The van der Waals surface area contributed by atoms with Crippen molar-refractivity contribution in [2.24, 2.45) is 5.92 Å². The van der Waals surface area contributed by atoms with Crippen LogP contribution in [0.25, 0.3) is 22.6 Å². The highest BCUT2D eigenvalue weighted by Gasteiger charge is 2.31. The predicted molar refractivity (Wildman–Crippen MR) is 131 cm³/mol. The lowest BCUT2D eigenvalue weighted by Gasteiger charge is -2.19. The standard InChI is InChI=1S/C22H29N9O3S/c1-3-31-20(16-9-23-14(2)24-10-16)29-18-19(26-13-27-21(18)31)28-17-4-6-30(11-17)22(32)25-8-15-5-7-35(33,34)12-15/h9-10,13,15,17H,3-8,11-12H2,1-2H3,(H,25,32)(H,26,27,28)/t15?,17-/m0/s1. The number of aryl methyl sites for hydroxylation is 2. The lowest BCUT2D eigenvalue weighted by Crippen LogP contribution is -2.41. The fourth-order valence-corrected chi connectivity index (χ4v) is 6.56. The Bertz CT molecular complexity index is 1340. The summed E-state index contributed by atoms with van der Waals surface area (Å²) in [5, 5.41) is 6.34. The van der Waals surface area contributed by atoms with Crippen molar-refractivity contribution >= 4 is 32.9 Å². The number of fused-ring (bicyclic) bond motifs is 1. The minimum atomic E-state index is -2.95. The number of carbonyl (C=O) groups is 1. The Morgan fingerprint density at radius 1 is 1.17 bits per heavy atom. The molecule has 3 aromatic heterocycles. The van der Waals surface area contributed by atoms with Crippen molar-refractivity contribution in [2.45, 2.75) is 39.3 Å². The molecule has 2 N–H and O–H groups in total. The van der Waals surface area contributed by atoms with Gasteiger partial charge in [-0.25, -0.2) is 38.1 Å². The highest BCUT2D eigenvalue weighted by molar-refractivity contribution is 7.91. The van der Waals surface area contributed by atoms with Gasteiger partial charge in [-0.15, -0.1) is 0 Å². The zero-order valence-electron chi connectivity index (χ0n) is 19.8. The summed E-state index contributed by atoms with van der Waals surface area (Å²) in [6.45, 7) is 6.06. The van der Waals surface area contributed by atoms with Gasteiger partial charge >= 0.3 is 6.03 Å². The maximum absolute atomic E-state index is 12.6. The van der Waals surface area contributed by atoms with E-state index in [2.05, 4.69) is 30.6 Å². The van der Waals surface area contributed by atoms with E-state index in [0.717, 1.165) is 23.5 Å². The summed E-state index contributed by atoms with van der Waals surface area (Å²) >= 11 is 0. The fourth-order valence-electron chi connectivity index (χ4n) is 4.70. The van der Waals surface area contributed by atoms with Gasteiger partial charge in [-0.1, -0.05) is 0 Å². The number of sulfone groups is 1. The monoisotopic (exact) mass is 499 g/mol. The van der Waals surface area contributed by atoms with E-state index in [-0.39, 0.29) is 29.5 Å². The summed E-state index contributed by atoms with van der Waals surface area (Å²) in [6.07, 6.45) is 6.40. The van der Waals surface area contributed by atoms with E-state index in [1.807, 2.05) is 18.4 Å². The van der Waals surface area contributed by atoms with Crippen molar-refractivity contribution < 1.29 is 13.2 Å².